The lowest BCUT2D eigenvalue weighted by molar-refractivity contribution is -0.126. The van der Waals surface area contributed by atoms with E-state index in [0.29, 0.717) is 19.4 Å². The van der Waals surface area contributed by atoms with E-state index in [1.165, 1.54) is 0 Å². The monoisotopic (exact) mass is 250 g/mol. The Morgan fingerprint density at radius 1 is 1.28 bits per heavy atom. The van der Waals surface area contributed by atoms with Crippen LogP contribution in [0.3, 0.4) is 0 Å². The van der Waals surface area contributed by atoms with Crippen molar-refractivity contribution in [3.63, 3.8) is 0 Å². The summed E-state index contributed by atoms with van der Waals surface area (Å²) in [6.07, 6.45) is -0.0128. The van der Waals surface area contributed by atoms with Gasteiger partial charge in [-0.1, -0.05) is 30.3 Å². The van der Waals surface area contributed by atoms with Crippen molar-refractivity contribution in [3.05, 3.63) is 35.9 Å². The van der Waals surface area contributed by atoms with E-state index in [1.807, 2.05) is 30.3 Å². The minimum Gasteiger partial charge on any atom is -0.383 e. The van der Waals surface area contributed by atoms with Gasteiger partial charge in [0.1, 0.15) is 6.10 Å². The minimum atomic E-state index is -1.13. The quantitative estimate of drug-likeness (QED) is 0.593. The van der Waals surface area contributed by atoms with Gasteiger partial charge < -0.3 is 16.2 Å². The first-order chi connectivity index (χ1) is 8.59. The Bertz CT molecular complexity index is 392. The second kappa shape index (κ2) is 7.45. The molecule has 0 aliphatic rings. The summed E-state index contributed by atoms with van der Waals surface area (Å²) in [5.74, 6) is -0.805. The number of amides is 2. The van der Waals surface area contributed by atoms with Gasteiger partial charge in [-0.25, -0.2) is 0 Å². The first-order valence-electron chi connectivity index (χ1n) is 5.87. The molecule has 1 aromatic carbocycles. The SMILES string of the molecule is NC(=O)C(O)CCCNC(=O)Cc1ccccc1. The van der Waals surface area contributed by atoms with Crippen LogP contribution in [0.2, 0.25) is 0 Å². The van der Waals surface area contributed by atoms with E-state index < -0.39 is 12.0 Å². The van der Waals surface area contributed by atoms with Crippen molar-refractivity contribution in [2.45, 2.75) is 25.4 Å². The van der Waals surface area contributed by atoms with Gasteiger partial charge in [-0.15, -0.1) is 0 Å². The molecule has 0 aromatic heterocycles. The molecule has 5 nitrogen and oxygen atoms in total. The van der Waals surface area contributed by atoms with E-state index in [-0.39, 0.29) is 12.3 Å². The number of aliphatic hydroxyl groups is 1. The van der Waals surface area contributed by atoms with Crippen LogP contribution in [-0.2, 0) is 16.0 Å². The fourth-order valence-corrected chi connectivity index (χ4v) is 1.51. The number of hydrogen-bond donors (Lipinski definition) is 3. The molecule has 18 heavy (non-hydrogen) atoms. The molecule has 0 fully saturated rings. The van der Waals surface area contributed by atoms with Crippen molar-refractivity contribution in [1.82, 2.24) is 5.32 Å². The zero-order chi connectivity index (χ0) is 13.4. The number of primary amides is 1. The predicted octanol–water partition coefficient (Wildman–Crippen LogP) is -0.0283. The number of aliphatic hydroxyl groups excluding tert-OH is 1. The maximum Gasteiger partial charge on any atom is 0.246 e. The number of benzene rings is 1. The van der Waals surface area contributed by atoms with E-state index in [9.17, 15) is 9.59 Å². The zero-order valence-corrected chi connectivity index (χ0v) is 10.1. The molecule has 0 saturated heterocycles. The van der Waals surface area contributed by atoms with Gasteiger partial charge in [-0.05, 0) is 18.4 Å². The van der Waals surface area contributed by atoms with Crippen LogP contribution in [0.15, 0.2) is 30.3 Å². The Morgan fingerprint density at radius 3 is 2.56 bits per heavy atom. The topological polar surface area (TPSA) is 92.4 Å². The van der Waals surface area contributed by atoms with Crippen molar-refractivity contribution in [1.29, 1.82) is 0 Å². The summed E-state index contributed by atoms with van der Waals surface area (Å²) >= 11 is 0. The Balaban J connectivity index is 2.16. The minimum absolute atomic E-state index is 0.0743. The summed E-state index contributed by atoms with van der Waals surface area (Å²) in [5.41, 5.74) is 5.85. The summed E-state index contributed by atoms with van der Waals surface area (Å²) in [4.78, 5) is 22.1. The van der Waals surface area contributed by atoms with Crippen molar-refractivity contribution in [3.8, 4) is 0 Å². The molecule has 1 unspecified atom stereocenters. The van der Waals surface area contributed by atoms with Gasteiger partial charge in [0.2, 0.25) is 11.8 Å². The largest absolute Gasteiger partial charge is 0.383 e. The summed E-state index contributed by atoms with van der Waals surface area (Å²) in [6, 6.07) is 9.43. The third-order valence-corrected chi connectivity index (χ3v) is 2.51. The highest BCUT2D eigenvalue weighted by Crippen LogP contribution is 1.99. The van der Waals surface area contributed by atoms with Crippen molar-refractivity contribution in [2.24, 2.45) is 5.73 Å². The number of rotatable bonds is 7. The molecule has 1 rings (SSSR count). The van der Waals surface area contributed by atoms with E-state index in [1.54, 1.807) is 0 Å². The van der Waals surface area contributed by atoms with Gasteiger partial charge in [0.05, 0.1) is 6.42 Å². The first kappa shape index (κ1) is 14.2. The van der Waals surface area contributed by atoms with Gasteiger partial charge >= 0.3 is 0 Å². The van der Waals surface area contributed by atoms with Crippen LogP contribution in [0.5, 0.6) is 0 Å². The summed E-state index contributed by atoms with van der Waals surface area (Å²) < 4.78 is 0. The number of nitrogens with two attached hydrogens (primary N) is 1. The highest BCUT2D eigenvalue weighted by atomic mass is 16.3. The fourth-order valence-electron chi connectivity index (χ4n) is 1.51. The number of nitrogens with one attached hydrogen (secondary N) is 1. The second-order valence-electron chi connectivity index (χ2n) is 4.07. The average molecular weight is 250 g/mol. The highest BCUT2D eigenvalue weighted by molar-refractivity contribution is 5.79. The van der Waals surface area contributed by atoms with Crippen LogP contribution in [0.25, 0.3) is 0 Å². The van der Waals surface area contributed by atoms with Crippen molar-refractivity contribution >= 4 is 11.8 Å². The fraction of sp³-hybridized carbons (Fsp3) is 0.385. The lowest BCUT2D eigenvalue weighted by Gasteiger charge is -2.07. The Hall–Kier alpha value is -1.88. The first-order valence-corrected chi connectivity index (χ1v) is 5.87. The van der Waals surface area contributed by atoms with Gasteiger partial charge in [0, 0.05) is 6.54 Å². The normalized spacial score (nSPS) is 11.8. The Kier molecular flexibility index (Phi) is 5.87. The molecule has 0 aliphatic heterocycles. The molecule has 0 heterocycles. The number of carbonyl (C=O) groups excluding carboxylic acids is 2. The van der Waals surface area contributed by atoms with Crippen LogP contribution in [0.4, 0.5) is 0 Å². The molecule has 98 valence electrons. The Labute approximate surface area is 106 Å². The van der Waals surface area contributed by atoms with Gasteiger partial charge in [0.25, 0.3) is 0 Å². The third kappa shape index (κ3) is 5.45. The van der Waals surface area contributed by atoms with E-state index in [4.69, 9.17) is 10.8 Å². The van der Waals surface area contributed by atoms with Crippen LogP contribution in [0.1, 0.15) is 18.4 Å². The summed E-state index contributed by atoms with van der Waals surface area (Å²) in [7, 11) is 0. The highest BCUT2D eigenvalue weighted by Gasteiger charge is 2.10. The number of carbonyl (C=O) groups is 2. The second-order valence-corrected chi connectivity index (χ2v) is 4.07. The summed E-state index contributed by atoms with van der Waals surface area (Å²) in [6.45, 7) is 0.427. The average Bonchev–Trinajstić information content (AvgIpc) is 2.35. The lowest BCUT2D eigenvalue weighted by atomic mass is 10.1. The molecule has 1 aromatic rings. The smallest absolute Gasteiger partial charge is 0.246 e. The third-order valence-electron chi connectivity index (χ3n) is 2.51. The molecule has 2 amide bonds. The lowest BCUT2D eigenvalue weighted by Crippen LogP contribution is -2.30. The summed E-state index contributed by atoms with van der Waals surface area (Å²) in [5, 5.41) is 11.9. The molecule has 0 radical (unpaired) electrons. The molecular formula is C13H18N2O3. The molecule has 5 heteroatoms. The predicted molar refractivity (Wildman–Crippen MR) is 67.6 cm³/mol. The molecule has 0 saturated carbocycles. The molecule has 4 N–H and O–H groups in total. The standard InChI is InChI=1S/C13H18N2O3/c14-13(18)11(16)7-4-8-15-12(17)9-10-5-2-1-3-6-10/h1-3,5-6,11,16H,4,7-9H2,(H2,14,18)(H,15,17). The molecule has 1 atom stereocenters. The van der Waals surface area contributed by atoms with Gasteiger partial charge in [-0.2, -0.15) is 0 Å². The van der Waals surface area contributed by atoms with E-state index >= 15 is 0 Å². The van der Waals surface area contributed by atoms with Crippen molar-refractivity contribution < 1.29 is 14.7 Å². The zero-order valence-electron chi connectivity index (χ0n) is 10.1. The molecule has 0 spiro atoms. The van der Waals surface area contributed by atoms with Crippen molar-refractivity contribution in [2.75, 3.05) is 6.54 Å². The van der Waals surface area contributed by atoms with Crippen LogP contribution in [-0.4, -0.2) is 29.6 Å². The van der Waals surface area contributed by atoms with Crippen LogP contribution >= 0.6 is 0 Å². The maximum absolute atomic E-state index is 11.5. The van der Waals surface area contributed by atoms with Gasteiger partial charge in [-0.3, -0.25) is 9.59 Å². The Morgan fingerprint density at radius 2 is 1.94 bits per heavy atom. The van der Waals surface area contributed by atoms with Crippen LogP contribution < -0.4 is 11.1 Å². The molecule has 0 aliphatic carbocycles. The maximum atomic E-state index is 11.5. The molecule has 0 bridgehead atoms. The van der Waals surface area contributed by atoms with E-state index in [2.05, 4.69) is 5.32 Å². The van der Waals surface area contributed by atoms with Crippen LogP contribution in [0, 0.1) is 0 Å². The van der Waals surface area contributed by atoms with Gasteiger partial charge in [0.15, 0.2) is 0 Å². The number of hydrogen-bond acceptors (Lipinski definition) is 3. The molecular weight excluding hydrogens is 232 g/mol. The van der Waals surface area contributed by atoms with E-state index in [0.717, 1.165) is 5.56 Å².